The molecule has 1 saturated carbocycles. The molecule has 2 aromatic carbocycles. The van der Waals surface area contributed by atoms with Crippen molar-refractivity contribution in [1.29, 1.82) is 0 Å². The monoisotopic (exact) mass is 498 g/mol. The fraction of sp³-hybridized carbons (Fsp3) is 0.400. The number of benzene rings is 2. The van der Waals surface area contributed by atoms with Gasteiger partial charge in [0.05, 0.1) is 12.1 Å². The highest BCUT2D eigenvalue weighted by molar-refractivity contribution is 9.10. The Kier molecular flexibility index (Phi) is 7.25. The summed E-state index contributed by atoms with van der Waals surface area (Å²) in [6.45, 7) is -0.156. The van der Waals surface area contributed by atoms with Gasteiger partial charge in [0.15, 0.2) is 6.61 Å². The number of ether oxygens (including phenoxy) is 1. The second-order valence-corrected chi connectivity index (χ2v) is 9.23. The van der Waals surface area contributed by atoms with Gasteiger partial charge in [0.1, 0.15) is 11.8 Å². The summed E-state index contributed by atoms with van der Waals surface area (Å²) in [5.41, 5.74) is 0.527. The third kappa shape index (κ3) is 5.04. The molecular weight excluding hydrogens is 472 g/mol. The van der Waals surface area contributed by atoms with Gasteiger partial charge < -0.3 is 9.64 Å². The molecule has 32 heavy (non-hydrogen) atoms. The van der Waals surface area contributed by atoms with Crippen molar-refractivity contribution in [1.82, 2.24) is 4.90 Å². The van der Waals surface area contributed by atoms with Crippen LogP contribution in [0.2, 0.25) is 0 Å². The van der Waals surface area contributed by atoms with Crippen LogP contribution in [-0.4, -0.2) is 41.3 Å². The van der Waals surface area contributed by atoms with Gasteiger partial charge in [0.25, 0.3) is 11.8 Å². The van der Waals surface area contributed by atoms with Crippen LogP contribution in [0, 0.1) is 0 Å². The highest BCUT2D eigenvalue weighted by Crippen LogP contribution is 2.31. The number of nitrogens with zero attached hydrogens (tertiary/aromatic N) is 2. The Morgan fingerprint density at radius 2 is 1.62 bits per heavy atom. The number of rotatable bonds is 6. The van der Waals surface area contributed by atoms with E-state index in [1.54, 1.807) is 41.3 Å². The third-order valence-electron chi connectivity index (χ3n) is 6.16. The second kappa shape index (κ2) is 10.3. The minimum absolute atomic E-state index is 0.00245. The molecule has 1 unspecified atom stereocenters. The van der Waals surface area contributed by atoms with Gasteiger partial charge in [-0.3, -0.25) is 14.4 Å². The number of hydrogen-bond donors (Lipinski definition) is 0. The van der Waals surface area contributed by atoms with Gasteiger partial charge in [0, 0.05) is 10.5 Å². The van der Waals surface area contributed by atoms with Crippen LogP contribution < -0.4 is 9.64 Å². The Morgan fingerprint density at radius 1 is 0.969 bits per heavy atom. The second-order valence-electron chi connectivity index (χ2n) is 8.31. The van der Waals surface area contributed by atoms with Crippen LogP contribution in [0.4, 0.5) is 5.69 Å². The van der Waals surface area contributed by atoms with E-state index in [-0.39, 0.29) is 36.8 Å². The number of imide groups is 1. The smallest absolute Gasteiger partial charge is 0.261 e. The van der Waals surface area contributed by atoms with E-state index < -0.39 is 6.04 Å². The molecule has 168 valence electrons. The molecule has 7 heteroatoms. The Balaban J connectivity index is 1.57. The molecule has 0 bridgehead atoms. The average molecular weight is 499 g/mol. The van der Waals surface area contributed by atoms with Gasteiger partial charge >= 0.3 is 0 Å². The highest BCUT2D eigenvalue weighted by Gasteiger charge is 2.46. The van der Waals surface area contributed by atoms with Gasteiger partial charge in [-0.1, -0.05) is 59.8 Å². The molecule has 1 aliphatic carbocycles. The third-order valence-corrected chi connectivity index (χ3v) is 6.68. The molecule has 4 rings (SSSR count). The van der Waals surface area contributed by atoms with Gasteiger partial charge in [-0.25, -0.2) is 4.90 Å². The zero-order valence-electron chi connectivity index (χ0n) is 17.9. The summed E-state index contributed by atoms with van der Waals surface area (Å²) in [5.74, 6) is -0.260. The Hall–Kier alpha value is -2.67. The molecule has 6 nitrogen and oxygen atoms in total. The molecule has 1 aliphatic heterocycles. The first kappa shape index (κ1) is 22.5. The molecular formula is C25H27BrN2O4. The zero-order chi connectivity index (χ0) is 22.5. The maximum Gasteiger partial charge on any atom is 0.261 e. The van der Waals surface area contributed by atoms with E-state index in [1.807, 2.05) is 18.2 Å². The largest absolute Gasteiger partial charge is 0.484 e. The number of amides is 3. The fourth-order valence-electron chi connectivity index (χ4n) is 4.60. The summed E-state index contributed by atoms with van der Waals surface area (Å²) in [7, 11) is 0. The summed E-state index contributed by atoms with van der Waals surface area (Å²) in [6.07, 6.45) is 5.96. The topological polar surface area (TPSA) is 66.9 Å². The van der Waals surface area contributed by atoms with Crippen molar-refractivity contribution in [3.8, 4) is 5.75 Å². The van der Waals surface area contributed by atoms with Gasteiger partial charge in [-0.15, -0.1) is 0 Å². The molecule has 1 atom stereocenters. The van der Waals surface area contributed by atoms with E-state index in [9.17, 15) is 14.4 Å². The first-order valence-electron chi connectivity index (χ1n) is 11.2. The van der Waals surface area contributed by atoms with Gasteiger partial charge in [0.2, 0.25) is 5.91 Å². The molecule has 0 aromatic heterocycles. The lowest BCUT2D eigenvalue weighted by Gasteiger charge is -2.35. The number of carbonyl (C=O) groups excluding carboxylic acids is 3. The SMILES string of the molecule is O=C1CC(N(C(=O)COc2ccccc2)C2CCCCCC2)C(=O)N1c1ccc(Br)cc1. The molecule has 2 aromatic rings. The van der Waals surface area contributed by atoms with E-state index in [4.69, 9.17) is 4.74 Å². The van der Waals surface area contributed by atoms with Crippen LogP contribution in [0.3, 0.4) is 0 Å². The highest BCUT2D eigenvalue weighted by atomic mass is 79.9. The zero-order valence-corrected chi connectivity index (χ0v) is 19.5. The summed E-state index contributed by atoms with van der Waals surface area (Å²) < 4.78 is 6.58. The van der Waals surface area contributed by atoms with Gasteiger partial charge in [-0.2, -0.15) is 0 Å². The van der Waals surface area contributed by atoms with E-state index >= 15 is 0 Å². The molecule has 2 fully saturated rings. The molecule has 0 N–H and O–H groups in total. The molecule has 1 heterocycles. The standard InChI is InChI=1S/C25H27BrN2O4/c26-18-12-14-20(15-13-18)28-23(29)16-22(25(28)31)27(19-8-4-1-2-5-9-19)24(30)17-32-21-10-6-3-7-11-21/h3,6-7,10-15,19,22H,1-2,4-5,8-9,16-17H2. The molecule has 0 radical (unpaired) electrons. The van der Waals surface area contributed by atoms with Crippen molar-refractivity contribution in [2.24, 2.45) is 0 Å². The predicted molar refractivity (Wildman–Crippen MR) is 125 cm³/mol. The molecule has 3 amide bonds. The lowest BCUT2D eigenvalue weighted by Crippen LogP contribution is -2.52. The number of hydrogen-bond acceptors (Lipinski definition) is 4. The summed E-state index contributed by atoms with van der Waals surface area (Å²) in [5, 5.41) is 0. The van der Waals surface area contributed by atoms with Crippen molar-refractivity contribution in [2.75, 3.05) is 11.5 Å². The lowest BCUT2D eigenvalue weighted by molar-refractivity contribution is -0.143. The van der Waals surface area contributed by atoms with Gasteiger partial charge in [-0.05, 0) is 49.2 Å². The normalized spacial score (nSPS) is 19.7. The first-order chi connectivity index (χ1) is 15.5. The van der Waals surface area contributed by atoms with Crippen LogP contribution >= 0.6 is 15.9 Å². The van der Waals surface area contributed by atoms with Crippen LogP contribution in [0.1, 0.15) is 44.9 Å². The maximum atomic E-state index is 13.4. The Bertz CT molecular complexity index is 956. The van der Waals surface area contributed by atoms with Crippen LogP contribution in [0.25, 0.3) is 0 Å². The van der Waals surface area contributed by atoms with E-state index in [0.29, 0.717) is 11.4 Å². The first-order valence-corrected chi connectivity index (χ1v) is 12.0. The Labute approximate surface area is 196 Å². The maximum absolute atomic E-state index is 13.4. The van der Waals surface area contributed by atoms with E-state index in [2.05, 4.69) is 15.9 Å². The van der Waals surface area contributed by atoms with E-state index in [1.165, 1.54) is 4.90 Å². The number of anilines is 1. The van der Waals surface area contributed by atoms with Crippen molar-refractivity contribution < 1.29 is 19.1 Å². The quantitative estimate of drug-likeness (QED) is 0.427. The molecule has 1 saturated heterocycles. The summed E-state index contributed by atoms with van der Waals surface area (Å²) >= 11 is 3.38. The summed E-state index contributed by atoms with van der Waals surface area (Å²) in [4.78, 5) is 42.5. The Morgan fingerprint density at radius 3 is 2.28 bits per heavy atom. The predicted octanol–water partition coefficient (Wildman–Crippen LogP) is 4.71. The number of para-hydroxylation sites is 1. The molecule has 2 aliphatic rings. The van der Waals surface area contributed by atoms with Crippen LogP contribution in [-0.2, 0) is 14.4 Å². The van der Waals surface area contributed by atoms with Crippen LogP contribution in [0.15, 0.2) is 59.1 Å². The van der Waals surface area contributed by atoms with Crippen molar-refractivity contribution in [2.45, 2.75) is 57.0 Å². The van der Waals surface area contributed by atoms with E-state index in [0.717, 1.165) is 43.0 Å². The van der Waals surface area contributed by atoms with Crippen molar-refractivity contribution in [3.05, 3.63) is 59.1 Å². The fourth-order valence-corrected chi connectivity index (χ4v) is 4.86. The minimum Gasteiger partial charge on any atom is -0.484 e. The number of carbonyl (C=O) groups is 3. The number of halogens is 1. The van der Waals surface area contributed by atoms with Crippen LogP contribution in [0.5, 0.6) is 5.75 Å². The minimum atomic E-state index is -0.791. The van der Waals surface area contributed by atoms with Crippen molar-refractivity contribution in [3.63, 3.8) is 0 Å². The summed E-state index contributed by atoms with van der Waals surface area (Å²) in [6, 6.07) is 15.4. The van der Waals surface area contributed by atoms with Crippen molar-refractivity contribution >= 4 is 39.3 Å². The molecule has 0 spiro atoms. The average Bonchev–Trinajstić information content (AvgIpc) is 2.97. The lowest BCUT2D eigenvalue weighted by atomic mass is 10.0.